The zero-order valence-corrected chi connectivity index (χ0v) is 8.93. The summed E-state index contributed by atoms with van der Waals surface area (Å²) in [6.45, 7) is 5.69. The molecule has 0 saturated carbocycles. The molecule has 1 unspecified atom stereocenters. The number of hydrogen-bond donors (Lipinski definition) is 1. The van der Waals surface area contributed by atoms with Gasteiger partial charge in [-0.1, -0.05) is 18.3 Å². The van der Waals surface area contributed by atoms with E-state index in [2.05, 4.69) is 0 Å². The summed E-state index contributed by atoms with van der Waals surface area (Å²) in [6.07, 6.45) is 0.0230. The molecule has 0 fully saturated rings. The number of rotatable bonds is 4. The van der Waals surface area contributed by atoms with Gasteiger partial charge >= 0.3 is 0 Å². The fourth-order valence-electron chi connectivity index (χ4n) is 0.460. The van der Waals surface area contributed by atoms with Crippen molar-refractivity contribution in [2.24, 2.45) is 0 Å². The normalized spacial score (nSPS) is 17.3. The molecular formula is C5H13O2PS2. The molecule has 0 aliphatic carbocycles. The zero-order valence-electron chi connectivity index (χ0n) is 6.40. The first-order valence-electron chi connectivity index (χ1n) is 3.13. The van der Waals surface area contributed by atoms with Crippen molar-refractivity contribution < 1.29 is 9.42 Å². The Morgan fingerprint density at radius 2 is 2.20 bits per heavy atom. The van der Waals surface area contributed by atoms with Crippen molar-refractivity contribution in [2.45, 2.75) is 26.9 Å². The molecule has 0 aliphatic heterocycles. The number of hydrogen-bond acceptors (Lipinski definition) is 3. The van der Waals surface area contributed by atoms with E-state index in [0.717, 1.165) is 5.75 Å². The molecule has 1 atom stereocenters. The quantitative estimate of drug-likeness (QED) is 0.705. The van der Waals surface area contributed by atoms with Crippen LogP contribution in [-0.2, 0) is 16.3 Å². The standard InChI is InChI=1S/C5H13O2PS2/c1-4-10-8(6,9)7-5(2)3/h5H,4H2,1-3H3,(H,6,9). The van der Waals surface area contributed by atoms with Crippen LogP contribution in [0.15, 0.2) is 0 Å². The summed E-state index contributed by atoms with van der Waals surface area (Å²) in [7, 11) is 0. The Morgan fingerprint density at radius 3 is 2.50 bits per heavy atom. The Morgan fingerprint density at radius 1 is 1.70 bits per heavy atom. The van der Waals surface area contributed by atoms with E-state index in [1.165, 1.54) is 11.4 Å². The van der Waals surface area contributed by atoms with Gasteiger partial charge in [0.1, 0.15) is 0 Å². The largest absolute Gasteiger partial charge is 0.337 e. The SMILES string of the molecule is CCSP(O)(=S)OC(C)C. The van der Waals surface area contributed by atoms with Gasteiger partial charge in [-0.2, -0.15) is 0 Å². The van der Waals surface area contributed by atoms with E-state index in [-0.39, 0.29) is 6.10 Å². The van der Waals surface area contributed by atoms with E-state index >= 15 is 0 Å². The van der Waals surface area contributed by atoms with Crippen molar-refractivity contribution in [2.75, 3.05) is 5.75 Å². The molecule has 0 aromatic carbocycles. The second-order valence-corrected chi connectivity index (χ2v) is 8.46. The summed E-state index contributed by atoms with van der Waals surface area (Å²) in [5.41, 5.74) is -2.50. The molecule has 1 N–H and O–H groups in total. The molecule has 5 heteroatoms. The molecule has 0 saturated heterocycles. The van der Waals surface area contributed by atoms with E-state index in [1.807, 2.05) is 20.8 Å². The van der Waals surface area contributed by atoms with Crippen molar-refractivity contribution in [1.29, 1.82) is 0 Å². The Balaban J connectivity index is 3.75. The van der Waals surface area contributed by atoms with Gasteiger partial charge in [-0.15, -0.1) is 0 Å². The maximum absolute atomic E-state index is 9.35. The molecule has 0 bridgehead atoms. The Kier molecular flexibility index (Phi) is 5.16. The fourth-order valence-corrected chi connectivity index (χ4v) is 4.52. The van der Waals surface area contributed by atoms with Crippen LogP contribution in [0.25, 0.3) is 0 Å². The highest BCUT2D eigenvalue weighted by Crippen LogP contribution is 2.56. The van der Waals surface area contributed by atoms with Gasteiger partial charge in [0.05, 0.1) is 6.10 Å². The third-order valence-corrected chi connectivity index (χ3v) is 5.13. The maximum Gasteiger partial charge on any atom is 0.244 e. The van der Waals surface area contributed by atoms with E-state index in [0.29, 0.717) is 0 Å². The van der Waals surface area contributed by atoms with Gasteiger partial charge in [-0.3, -0.25) is 0 Å². The minimum Gasteiger partial charge on any atom is -0.337 e. The third-order valence-electron chi connectivity index (χ3n) is 0.636. The minimum absolute atomic E-state index is 0.0230. The smallest absolute Gasteiger partial charge is 0.244 e. The molecule has 10 heavy (non-hydrogen) atoms. The molecule has 0 amide bonds. The second kappa shape index (κ2) is 4.73. The van der Waals surface area contributed by atoms with Crippen LogP contribution in [0, 0.1) is 0 Å². The monoisotopic (exact) mass is 200 g/mol. The molecule has 0 aromatic heterocycles. The predicted molar refractivity (Wildman–Crippen MR) is 50.9 cm³/mol. The molecule has 0 radical (unpaired) electrons. The lowest BCUT2D eigenvalue weighted by molar-refractivity contribution is 0.248. The highest BCUT2D eigenvalue weighted by Gasteiger charge is 2.14. The molecule has 0 rings (SSSR count). The Bertz CT molecular complexity index is 138. The lowest BCUT2D eigenvalue weighted by Gasteiger charge is -2.16. The van der Waals surface area contributed by atoms with Gasteiger partial charge in [0.2, 0.25) is 5.69 Å². The van der Waals surface area contributed by atoms with E-state index in [9.17, 15) is 4.89 Å². The summed E-state index contributed by atoms with van der Waals surface area (Å²) in [6, 6.07) is 0. The molecule has 0 spiro atoms. The highest BCUT2D eigenvalue weighted by atomic mass is 32.9. The summed E-state index contributed by atoms with van der Waals surface area (Å²) in [5, 5.41) is 0. The van der Waals surface area contributed by atoms with Crippen LogP contribution >= 0.6 is 17.1 Å². The first-order valence-corrected chi connectivity index (χ1v) is 7.40. The van der Waals surface area contributed by atoms with Gasteiger partial charge in [0, 0.05) is 0 Å². The van der Waals surface area contributed by atoms with Gasteiger partial charge in [-0.25, -0.2) is 0 Å². The topological polar surface area (TPSA) is 29.5 Å². The molecule has 0 heterocycles. The fraction of sp³-hybridized carbons (Fsp3) is 1.00. The molecule has 2 nitrogen and oxygen atoms in total. The van der Waals surface area contributed by atoms with Crippen LogP contribution in [0.5, 0.6) is 0 Å². The third kappa shape index (κ3) is 5.69. The van der Waals surface area contributed by atoms with Gasteiger partial charge in [-0.05, 0) is 31.4 Å². The first-order chi connectivity index (χ1) is 4.48. The van der Waals surface area contributed by atoms with E-state index < -0.39 is 5.69 Å². The maximum atomic E-state index is 9.35. The summed E-state index contributed by atoms with van der Waals surface area (Å²) in [4.78, 5) is 9.35. The van der Waals surface area contributed by atoms with Crippen LogP contribution in [0.3, 0.4) is 0 Å². The average Bonchev–Trinajstić information content (AvgIpc) is 1.59. The van der Waals surface area contributed by atoms with Gasteiger partial charge in [0.25, 0.3) is 0 Å². The lowest BCUT2D eigenvalue weighted by Crippen LogP contribution is -1.97. The van der Waals surface area contributed by atoms with Crippen LogP contribution in [0.1, 0.15) is 20.8 Å². The van der Waals surface area contributed by atoms with Crippen LogP contribution < -0.4 is 0 Å². The molecule has 0 aliphatic rings. The van der Waals surface area contributed by atoms with Crippen molar-refractivity contribution >= 4 is 28.9 Å². The van der Waals surface area contributed by atoms with Gasteiger partial charge in [0.15, 0.2) is 0 Å². The van der Waals surface area contributed by atoms with E-state index in [4.69, 9.17) is 16.3 Å². The average molecular weight is 200 g/mol. The van der Waals surface area contributed by atoms with E-state index in [1.54, 1.807) is 0 Å². The highest BCUT2D eigenvalue weighted by molar-refractivity contribution is 8.67. The Hall–Kier alpha value is 0.920. The first kappa shape index (κ1) is 10.9. The summed E-state index contributed by atoms with van der Waals surface area (Å²) in [5.74, 6) is 0.806. The molecule has 0 aromatic rings. The Labute approximate surface area is 71.3 Å². The van der Waals surface area contributed by atoms with Crippen molar-refractivity contribution in [3.63, 3.8) is 0 Å². The second-order valence-electron chi connectivity index (χ2n) is 2.04. The van der Waals surface area contributed by atoms with Crippen molar-refractivity contribution in [1.82, 2.24) is 0 Å². The van der Waals surface area contributed by atoms with Crippen molar-refractivity contribution in [3.8, 4) is 0 Å². The minimum atomic E-state index is -2.50. The molecule has 62 valence electrons. The van der Waals surface area contributed by atoms with Crippen LogP contribution in [0.2, 0.25) is 0 Å². The predicted octanol–water partition coefficient (Wildman–Crippen LogP) is 2.38. The summed E-state index contributed by atoms with van der Waals surface area (Å²) >= 11 is 6.15. The zero-order chi connectivity index (χ0) is 8.20. The van der Waals surface area contributed by atoms with Crippen LogP contribution in [-0.4, -0.2) is 16.8 Å². The summed E-state index contributed by atoms with van der Waals surface area (Å²) < 4.78 is 5.12. The van der Waals surface area contributed by atoms with Gasteiger partial charge < -0.3 is 9.42 Å². The van der Waals surface area contributed by atoms with Crippen molar-refractivity contribution in [3.05, 3.63) is 0 Å². The molecular weight excluding hydrogens is 187 g/mol. The van der Waals surface area contributed by atoms with Crippen LogP contribution in [0.4, 0.5) is 0 Å². The lowest BCUT2D eigenvalue weighted by atomic mass is 10.5.